The molecule has 0 radical (unpaired) electrons. The van der Waals surface area contributed by atoms with Crippen molar-refractivity contribution >= 4 is 44.7 Å². The summed E-state index contributed by atoms with van der Waals surface area (Å²) < 4.78 is 25.7. The molecule has 0 unspecified atom stereocenters. The Morgan fingerprint density at radius 3 is 2.97 bits per heavy atom. The van der Waals surface area contributed by atoms with Gasteiger partial charge in [-0.25, -0.2) is 14.4 Å². The van der Waals surface area contributed by atoms with Crippen molar-refractivity contribution in [2.45, 2.75) is 32.1 Å². The van der Waals surface area contributed by atoms with E-state index in [2.05, 4.69) is 32.4 Å². The molecule has 0 bridgehead atoms. The third-order valence-corrected chi connectivity index (χ3v) is 6.99. The lowest BCUT2D eigenvalue weighted by molar-refractivity contribution is 0.0766. The second-order valence-corrected chi connectivity index (χ2v) is 9.74. The van der Waals surface area contributed by atoms with E-state index in [4.69, 9.17) is 21.1 Å². The van der Waals surface area contributed by atoms with Crippen molar-refractivity contribution in [3.8, 4) is 17.6 Å². The van der Waals surface area contributed by atoms with Crippen LogP contribution in [0.1, 0.15) is 23.8 Å². The first-order chi connectivity index (χ1) is 17.6. The van der Waals surface area contributed by atoms with Gasteiger partial charge in [0.2, 0.25) is 0 Å². The summed E-state index contributed by atoms with van der Waals surface area (Å²) in [5.41, 5.74) is 2.32. The molecule has 36 heavy (non-hydrogen) atoms. The normalized spacial score (nSPS) is 17.1. The third-order valence-electron chi connectivity index (χ3n) is 5.65. The summed E-state index contributed by atoms with van der Waals surface area (Å²) in [6.45, 7) is 3.77. The number of aromatic nitrogens is 2. The summed E-state index contributed by atoms with van der Waals surface area (Å²) in [6.07, 6.45) is 2.64. The van der Waals surface area contributed by atoms with Gasteiger partial charge in [0.15, 0.2) is 5.82 Å². The Morgan fingerprint density at radius 1 is 1.22 bits per heavy atom. The highest BCUT2D eigenvalue weighted by atomic mass is 35.5. The number of benzene rings is 2. The fourth-order valence-electron chi connectivity index (χ4n) is 3.96. The quantitative estimate of drug-likeness (QED) is 0.293. The molecule has 4 aromatic rings. The van der Waals surface area contributed by atoms with Crippen LogP contribution in [0.5, 0.6) is 5.75 Å². The summed E-state index contributed by atoms with van der Waals surface area (Å²) in [6, 6.07) is 13.8. The van der Waals surface area contributed by atoms with Gasteiger partial charge < -0.3 is 20.1 Å². The van der Waals surface area contributed by atoms with Gasteiger partial charge in [-0.1, -0.05) is 35.6 Å². The van der Waals surface area contributed by atoms with Crippen LogP contribution in [0.25, 0.3) is 10.2 Å². The van der Waals surface area contributed by atoms with Gasteiger partial charge in [-0.15, -0.1) is 11.3 Å². The molecular weight excluding hydrogens is 499 g/mol. The Hall–Kier alpha value is -3.22. The van der Waals surface area contributed by atoms with Crippen molar-refractivity contribution in [1.82, 2.24) is 15.3 Å². The van der Waals surface area contributed by atoms with E-state index in [1.165, 1.54) is 18.5 Å². The molecule has 1 fully saturated rings. The van der Waals surface area contributed by atoms with Crippen molar-refractivity contribution < 1.29 is 13.9 Å². The minimum Gasteiger partial charge on any atom is -0.487 e. The summed E-state index contributed by atoms with van der Waals surface area (Å²) >= 11 is 7.99. The van der Waals surface area contributed by atoms with Crippen LogP contribution in [0, 0.1) is 17.7 Å². The number of thiophene rings is 1. The number of rotatable bonds is 7. The number of hydrogen-bond donors (Lipinski definition) is 2. The zero-order chi connectivity index (χ0) is 24.9. The molecule has 1 aliphatic heterocycles. The number of hydrogen-bond acceptors (Lipinski definition) is 7. The van der Waals surface area contributed by atoms with E-state index in [0.717, 1.165) is 39.3 Å². The van der Waals surface area contributed by atoms with Gasteiger partial charge in [-0.2, -0.15) is 0 Å². The van der Waals surface area contributed by atoms with E-state index in [1.54, 1.807) is 35.6 Å². The van der Waals surface area contributed by atoms with Crippen molar-refractivity contribution in [3.05, 3.63) is 76.1 Å². The molecule has 9 heteroatoms. The molecule has 0 aliphatic carbocycles. The van der Waals surface area contributed by atoms with Crippen LogP contribution in [0.15, 0.2) is 54.9 Å². The summed E-state index contributed by atoms with van der Waals surface area (Å²) in [5, 5.41) is 7.15. The van der Waals surface area contributed by atoms with Gasteiger partial charge in [0.1, 0.15) is 24.5 Å². The number of anilines is 2. The van der Waals surface area contributed by atoms with E-state index in [0.29, 0.717) is 23.2 Å². The minimum absolute atomic E-state index is 0.124. The second kappa shape index (κ2) is 11.2. The zero-order valence-electron chi connectivity index (χ0n) is 19.6. The van der Waals surface area contributed by atoms with E-state index in [1.807, 2.05) is 19.1 Å². The number of halogens is 2. The molecule has 0 saturated carbocycles. The van der Waals surface area contributed by atoms with E-state index in [-0.39, 0.29) is 24.6 Å². The maximum Gasteiger partial charge on any atom is 0.151 e. The van der Waals surface area contributed by atoms with Crippen LogP contribution >= 0.6 is 22.9 Å². The van der Waals surface area contributed by atoms with Crippen LogP contribution in [-0.4, -0.2) is 35.3 Å². The lowest BCUT2D eigenvalue weighted by atomic mass is 10.2. The summed E-state index contributed by atoms with van der Waals surface area (Å²) in [7, 11) is 0. The topological polar surface area (TPSA) is 68.3 Å². The Labute approximate surface area is 217 Å². The van der Waals surface area contributed by atoms with E-state index >= 15 is 0 Å². The number of nitrogens with zero attached hydrogens (tertiary/aromatic N) is 2. The van der Waals surface area contributed by atoms with Crippen LogP contribution in [0.3, 0.4) is 0 Å². The molecule has 1 saturated heterocycles. The fourth-order valence-corrected chi connectivity index (χ4v) is 5.11. The Bertz CT molecular complexity index is 1430. The lowest BCUT2D eigenvalue weighted by Gasteiger charge is -2.11. The smallest absolute Gasteiger partial charge is 0.151 e. The van der Waals surface area contributed by atoms with E-state index < -0.39 is 0 Å². The standard InChI is InChI=1S/C27H24ClFN4O2S/c1-2-34-21-11-19(30-14-21)6-8-22-13-24-26(36-22)27(32-16-31-24)33-20-7-9-25(23(28)12-20)35-15-17-4-3-5-18(29)10-17/h3-5,7,9-10,12-13,16,19,21,30H,2,11,14-15H2,1H3,(H,31,32,33)/t19-,21-/m1/s1. The van der Waals surface area contributed by atoms with Crippen molar-refractivity contribution in [1.29, 1.82) is 0 Å². The number of fused-ring (bicyclic) bond motifs is 1. The highest BCUT2D eigenvalue weighted by Crippen LogP contribution is 2.33. The Morgan fingerprint density at radius 2 is 2.14 bits per heavy atom. The summed E-state index contributed by atoms with van der Waals surface area (Å²) in [5.74, 6) is 7.47. The molecule has 5 rings (SSSR count). The average Bonchev–Trinajstić information content (AvgIpc) is 3.50. The number of nitrogens with one attached hydrogen (secondary N) is 2. The molecule has 1 aliphatic rings. The first-order valence-electron chi connectivity index (χ1n) is 11.6. The Kier molecular flexibility index (Phi) is 7.63. The number of ether oxygens (including phenoxy) is 2. The van der Waals surface area contributed by atoms with Gasteiger partial charge in [0.25, 0.3) is 0 Å². The molecular formula is C27H24ClFN4O2S. The van der Waals surface area contributed by atoms with Gasteiger partial charge in [-0.3, -0.25) is 0 Å². The molecule has 184 valence electrons. The molecule has 2 N–H and O–H groups in total. The monoisotopic (exact) mass is 522 g/mol. The first-order valence-corrected chi connectivity index (χ1v) is 12.8. The SMILES string of the molecule is CCO[C@H]1CN[C@H](C#Cc2cc3ncnc(Nc4ccc(OCc5cccc(F)c5)c(Cl)c4)c3s2)C1. The van der Waals surface area contributed by atoms with Gasteiger partial charge in [0.05, 0.1) is 32.3 Å². The van der Waals surface area contributed by atoms with Crippen LogP contribution in [0.4, 0.5) is 15.9 Å². The van der Waals surface area contributed by atoms with Gasteiger partial charge >= 0.3 is 0 Å². The highest BCUT2D eigenvalue weighted by molar-refractivity contribution is 7.20. The second-order valence-electron chi connectivity index (χ2n) is 8.28. The average molecular weight is 523 g/mol. The highest BCUT2D eigenvalue weighted by Gasteiger charge is 2.22. The maximum absolute atomic E-state index is 13.4. The molecule has 0 amide bonds. The van der Waals surface area contributed by atoms with E-state index in [9.17, 15) is 4.39 Å². The van der Waals surface area contributed by atoms with Crippen LogP contribution in [-0.2, 0) is 11.3 Å². The zero-order valence-corrected chi connectivity index (χ0v) is 21.1. The molecule has 2 atom stereocenters. The van der Waals surface area contributed by atoms with Crippen molar-refractivity contribution in [3.63, 3.8) is 0 Å². The largest absolute Gasteiger partial charge is 0.487 e. The molecule has 6 nitrogen and oxygen atoms in total. The Balaban J connectivity index is 1.27. The van der Waals surface area contributed by atoms with Gasteiger partial charge in [0, 0.05) is 25.3 Å². The fraction of sp³-hybridized carbons (Fsp3) is 0.259. The molecule has 2 aromatic heterocycles. The molecule has 2 aromatic carbocycles. The van der Waals surface area contributed by atoms with Gasteiger partial charge in [-0.05, 0) is 48.9 Å². The predicted molar refractivity (Wildman–Crippen MR) is 142 cm³/mol. The summed E-state index contributed by atoms with van der Waals surface area (Å²) in [4.78, 5) is 9.74. The molecule has 3 heterocycles. The van der Waals surface area contributed by atoms with Crippen LogP contribution < -0.4 is 15.4 Å². The maximum atomic E-state index is 13.4. The van der Waals surface area contributed by atoms with Crippen LogP contribution in [0.2, 0.25) is 5.02 Å². The first kappa shape index (κ1) is 24.5. The lowest BCUT2D eigenvalue weighted by Crippen LogP contribution is -2.20. The molecule has 0 spiro atoms. The minimum atomic E-state index is -0.300. The van der Waals surface area contributed by atoms with Crippen molar-refractivity contribution in [2.75, 3.05) is 18.5 Å². The van der Waals surface area contributed by atoms with Crippen molar-refractivity contribution in [2.24, 2.45) is 0 Å². The third kappa shape index (κ3) is 5.94. The predicted octanol–water partition coefficient (Wildman–Crippen LogP) is 5.92.